The maximum absolute atomic E-state index is 11.8. The largest absolute Gasteiger partial charge is 0.371 e. The van der Waals surface area contributed by atoms with Crippen LogP contribution in [0.1, 0.15) is 49.4 Å². The summed E-state index contributed by atoms with van der Waals surface area (Å²) in [6.07, 6.45) is 5.90. The first-order valence-electron chi connectivity index (χ1n) is 7.14. The second kappa shape index (κ2) is 6.50. The molecule has 0 aromatic heterocycles. The lowest BCUT2D eigenvalue weighted by molar-refractivity contribution is -0.384. The molecule has 0 radical (unpaired) electrons. The van der Waals surface area contributed by atoms with Crippen LogP contribution in [0.5, 0.6) is 0 Å². The van der Waals surface area contributed by atoms with Crippen LogP contribution in [0.3, 0.4) is 0 Å². The molecule has 0 N–H and O–H groups in total. The van der Waals surface area contributed by atoms with E-state index in [-0.39, 0.29) is 11.5 Å². The third-order valence-corrected chi connectivity index (χ3v) is 3.77. The SMILES string of the molecule is CC(=O)c1cc([N+](=O)[O-])ccc1N1CCCCCCC1. The zero-order valence-corrected chi connectivity index (χ0v) is 11.8. The second-order valence-corrected chi connectivity index (χ2v) is 5.27. The Hall–Kier alpha value is -1.91. The molecule has 0 amide bonds. The molecule has 2 rings (SSSR count). The summed E-state index contributed by atoms with van der Waals surface area (Å²) in [6, 6.07) is 4.60. The highest BCUT2D eigenvalue weighted by molar-refractivity contribution is 6.00. The monoisotopic (exact) mass is 276 g/mol. The molecule has 20 heavy (non-hydrogen) atoms. The molecule has 0 bridgehead atoms. The molecule has 1 aliphatic rings. The van der Waals surface area contributed by atoms with Crippen molar-refractivity contribution in [1.82, 2.24) is 0 Å². The summed E-state index contributed by atoms with van der Waals surface area (Å²) in [5.74, 6) is -0.120. The quantitative estimate of drug-likeness (QED) is 0.481. The molecule has 1 aromatic rings. The summed E-state index contributed by atoms with van der Waals surface area (Å²) >= 11 is 0. The van der Waals surface area contributed by atoms with Crippen LogP contribution >= 0.6 is 0 Å². The van der Waals surface area contributed by atoms with Crippen LogP contribution in [0.15, 0.2) is 18.2 Å². The van der Waals surface area contributed by atoms with Gasteiger partial charge in [-0.15, -0.1) is 0 Å². The van der Waals surface area contributed by atoms with E-state index in [1.54, 1.807) is 6.07 Å². The number of nitro benzene ring substituents is 1. The highest BCUT2D eigenvalue weighted by Crippen LogP contribution is 2.27. The lowest BCUT2D eigenvalue weighted by atomic mass is 10.0. The fraction of sp³-hybridized carbons (Fsp3) is 0.533. The van der Waals surface area contributed by atoms with E-state index < -0.39 is 4.92 Å². The van der Waals surface area contributed by atoms with Gasteiger partial charge in [-0.3, -0.25) is 14.9 Å². The summed E-state index contributed by atoms with van der Waals surface area (Å²) in [4.78, 5) is 24.4. The zero-order valence-electron chi connectivity index (χ0n) is 11.8. The number of hydrogen-bond acceptors (Lipinski definition) is 4. The van der Waals surface area contributed by atoms with Gasteiger partial charge in [0.15, 0.2) is 5.78 Å². The smallest absolute Gasteiger partial charge is 0.270 e. The molecule has 1 aliphatic heterocycles. The van der Waals surface area contributed by atoms with Crippen LogP contribution in [-0.2, 0) is 0 Å². The van der Waals surface area contributed by atoms with Gasteiger partial charge in [0.2, 0.25) is 0 Å². The number of rotatable bonds is 3. The molecule has 1 aromatic carbocycles. The van der Waals surface area contributed by atoms with Crippen LogP contribution in [0, 0.1) is 10.1 Å². The van der Waals surface area contributed by atoms with Crippen LogP contribution in [0.25, 0.3) is 0 Å². The van der Waals surface area contributed by atoms with Gasteiger partial charge in [-0.2, -0.15) is 0 Å². The van der Waals surface area contributed by atoms with Crippen molar-refractivity contribution in [3.8, 4) is 0 Å². The highest BCUT2D eigenvalue weighted by atomic mass is 16.6. The Bertz CT molecular complexity index is 506. The number of hydrogen-bond donors (Lipinski definition) is 0. The van der Waals surface area contributed by atoms with Gasteiger partial charge < -0.3 is 4.90 Å². The van der Waals surface area contributed by atoms with Gasteiger partial charge in [-0.25, -0.2) is 0 Å². The maximum Gasteiger partial charge on any atom is 0.270 e. The van der Waals surface area contributed by atoms with E-state index >= 15 is 0 Å². The van der Waals surface area contributed by atoms with Gasteiger partial charge in [0.25, 0.3) is 5.69 Å². The van der Waals surface area contributed by atoms with Crippen LogP contribution in [0.4, 0.5) is 11.4 Å². The Kier molecular flexibility index (Phi) is 4.71. The van der Waals surface area contributed by atoms with E-state index in [0.717, 1.165) is 31.6 Å². The van der Waals surface area contributed by atoms with Crippen molar-refractivity contribution in [2.24, 2.45) is 0 Å². The second-order valence-electron chi connectivity index (χ2n) is 5.27. The number of nitrogens with zero attached hydrogens (tertiary/aromatic N) is 2. The third-order valence-electron chi connectivity index (χ3n) is 3.77. The Morgan fingerprint density at radius 1 is 1.15 bits per heavy atom. The summed E-state index contributed by atoms with van der Waals surface area (Å²) in [5, 5.41) is 10.8. The normalized spacial score (nSPS) is 16.4. The molecule has 0 saturated carbocycles. The predicted octanol–water partition coefficient (Wildman–Crippen LogP) is 3.57. The molecular weight excluding hydrogens is 256 g/mol. The van der Waals surface area contributed by atoms with Crippen molar-refractivity contribution in [3.63, 3.8) is 0 Å². The van der Waals surface area contributed by atoms with E-state index in [9.17, 15) is 14.9 Å². The van der Waals surface area contributed by atoms with Gasteiger partial charge >= 0.3 is 0 Å². The number of nitro groups is 1. The fourth-order valence-electron chi connectivity index (χ4n) is 2.68. The molecule has 0 aliphatic carbocycles. The van der Waals surface area contributed by atoms with E-state index in [0.29, 0.717) is 5.56 Å². The average Bonchev–Trinajstić information content (AvgIpc) is 2.37. The van der Waals surface area contributed by atoms with Crippen molar-refractivity contribution >= 4 is 17.2 Å². The minimum Gasteiger partial charge on any atom is -0.371 e. The lowest BCUT2D eigenvalue weighted by Crippen LogP contribution is -2.28. The summed E-state index contributed by atoms with van der Waals surface area (Å²) < 4.78 is 0. The predicted molar refractivity (Wildman–Crippen MR) is 78.4 cm³/mol. The Morgan fingerprint density at radius 2 is 1.75 bits per heavy atom. The molecule has 1 fully saturated rings. The summed E-state index contributed by atoms with van der Waals surface area (Å²) in [6.45, 7) is 3.29. The molecule has 1 saturated heterocycles. The molecule has 108 valence electrons. The minimum atomic E-state index is -0.455. The minimum absolute atomic E-state index is 0.0222. The first-order valence-corrected chi connectivity index (χ1v) is 7.14. The van der Waals surface area contributed by atoms with E-state index in [2.05, 4.69) is 4.90 Å². The molecular formula is C15H20N2O3. The zero-order chi connectivity index (χ0) is 14.5. The molecule has 5 heteroatoms. The van der Waals surface area contributed by atoms with Gasteiger partial charge in [0, 0.05) is 36.5 Å². The average molecular weight is 276 g/mol. The summed E-state index contributed by atoms with van der Waals surface area (Å²) in [5.41, 5.74) is 1.27. The van der Waals surface area contributed by atoms with Crippen molar-refractivity contribution in [2.75, 3.05) is 18.0 Å². The van der Waals surface area contributed by atoms with Crippen LogP contribution in [-0.4, -0.2) is 23.8 Å². The summed E-state index contributed by atoms with van der Waals surface area (Å²) in [7, 11) is 0. The number of carbonyl (C=O) groups is 1. The van der Waals surface area contributed by atoms with E-state index in [1.165, 1.54) is 38.3 Å². The number of benzene rings is 1. The Morgan fingerprint density at radius 3 is 2.30 bits per heavy atom. The molecule has 0 atom stereocenters. The van der Waals surface area contributed by atoms with Crippen LogP contribution < -0.4 is 4.90 Å². The van der Waals surface area contributed by atoms with Crippen molar-refractivity contribution < 1.29 is 9.72 Å². The molecule has 0 spiro atoms. The molecule has 5 nitrogen and oxygen atoms in total. The third kappa shape index (κ3) is 3.35. The first-order chi connectivity index (χ1) is 9.59. The van der Waals surface area contributed by atoms with Crippen molar-refractivity contribution in [1.29, 1.82) is 0 Å². The van der Waals surface area contributed by atoms with E-state index in [1.807, 2.05) is 0 Å². The van der Waals surface area contributed by atoms with Crippen molar-refractivity contribution in [3.05, 3.63) is 33.9 Å². The standard InChI is InChI=1S/C15H20N2O3/c1-12(18)14-11-13(17(19)20)7-8-15(14)16-9-5-3-2-4-6-10-16/h7-8,11H,2-6,9-10H2,1H3. The number of carbonyl (C=O) groups excluding carboxylic acids is 1. The topological polar surface area (TPSA) is 63.4 Å². The fourth-order valence-corrected chi connectivity index (χ4v) is 2.68. The first kappa shape index (κ1) is 14.5. The van der Waals surface area contributed by atoms with E-state index in [4.69, 9.17) is 0 Å². The van der Waals surface area contributed by atoms with Gasteiger partial charge in [-0.1, -0.05) is 19.3 Å². The Balaban J connectivity index is 2.33. The molecule has 1 heterocycles. The highest BCUT2D eigenvalue weighted by Gasteiger charge is 2.18. The van der Waals surface area contributed by atoms with Gasteiger partial charge in [-0.05, 0) is 25.8 Å². The molecule has 0 unspecified atom stereocenters. The maximum atomic E-state index is 11.8. The van der Waals surface area contributed by atoms with Gasteiger partial charge in [0.05, 0.1) is 4.92 Å². The number of Topliss-reactive ketones (excluding diaryl/α,β-unsaturated/α-hetero) is 1. The number of non-ortho nitro benzene ring substituents is 1. The van der Waals surface area contributed by atoms with Crippen LogP contribution in [0.2, 0.25) is 0 Å². The number of ketones is 1. The Labute approximate surface area is 118 Å². The number of anilines is 1. The lowest BCUT2D eigenvalue weighted by Gasteiger charge is -2.28. The van der Waals surface area contributed by atoms with Gasteiger partial charge in [0.1, 0.15) is 0 Å². The van der Waals surface area contributed by atoms with Crippen molar-refractivity contribution in [2.45, 2.75) is 39.0 Å².